The lowest BCUT2D eigenvalue weighted by Crippen LogP contribution is -2.38. The second-order valence-corrected chi connectivity index (χ2v) is 32.2. The number of rotatable bonds is 42. The number of aromatic amines is 3. The average Bonchev–Trinajstić information content (AvgIpc) is 1.60. The average molecular weight is 1840 g/mol. The third-order valence-electron chi connectivity index (χ3n) is 16.5. The van der Waals surface area contributed by atoms with Gasteiger partial charge in [0.15, 0.2) is 37.1 Å². The smallest absolute Gasteiger partial charge is 0.394 e. The first-order chi connectivity index (χ1) is 55.6. The van der Waals surface area contributed by atoms with Crippen LogP contribution in [-0.2, 0) is 107 Å². The number of phosphoric acid groups is 3. The van der Waals surface area contributed by atoms with Gasteiger partial charge in [-0.1, -0.05) is 23.7 Å². The number of carbonyl (C=O) groups excluding carboxylic acids is 4. The molecular weight excluding hydrogens is 1730 g/mol. The van der Waals surface area contributed by atoms with Crippen LogP contribution in [-0.4, -0.2) is 251 Å². The van der Waals surface area contributed by atoms with E-state index in [0.29, 0.717) is 84.6 Å². The summed E-state index contributed by atoms with van der Waals surface area (Å²) in [7, 11) is -11.0. The number of aromatic nitrogens is 6. The maximum Gasteiger partial charge on any atom is 0.492 e. The zero-order valence-corrected chi connectivity index (χ0v) is 71.0. The summed E-state index contributed by atoms with van der Waals surface area (Å²) in [6, 6.07) is 0. The molecule has 117 heavy (non-hydrogen) atoms. The minimum atomic E-state index is -4.99. The molecule has 4 aliphatic heterocycles. The van der Waals surface area contributed by atoms with Crippen molar-refractivity contribution in [2.45, 2.75) is 211 Å². The van der Waals surface area contributed by atoms with E-state index >= 15 is 0 Å². The van der Waals surface area contributed by atoms with E-state index in [2.05, 4.69) is 77.9 Å². The van der Waals surface area contributed by atoms with E-state index in [0.717, 1.165) is 62.9 Å². The van der Waals surface area contributed by atoms with E-state index in [1.165, 1.54) is 17.0 Å². The Bertz CT molecular complexity index is 4360. The van der Waals surface area contributed by atoms with Crippen molar-refractivity contribution in [2.24, 2.45) is 0 Å². The Morgan fingerprint density at radius 2 is 0.957 bits per heavy atom. The summed E-state index contributed by atoms with van der Waals surface area (Å²) >= 11 is 1.73. The third-order valence-corrected chi connectivity index (χ3v) is 22.8. The van der Waals surface area contributed by atoms with E-state index in [-0.39, 0.29) is 77.3 Å². The molecule has 7 rings (SSSR count). The summed E-state index contributed by atoms with van der Waals surface area (Å²) in [6.07, 6.45) is -0.228. The number of carbonyl (C=O) groups is 4. The van der Waals surface area contributed by atoms with Crippen LogP contribution in [0.2, 0.25) is 0 Å². The minimum Gasteiger partial charge on any atom is -0.394 e. The normalized spacial score (nSPS) is 22.6. The molecule has 0 aromatic carbocycles. The number of ether oxygens (including phenoxy) is 9. The molecule has 3 aromatic rings. The predicted octanol–water partition coefficient (Wildman–Crippen LogP) is 0.164. The highest BCUT2D eigenvalue weighted by atomic mass is 127. The summed E-state index contributed by atoms with van der Waals surface area (Å²) in [5, 5.41) is 67.3. The van der Waals surface area contributed by atoms with E-state index < -0.39 is 150 Å². The number of nitrogens with one attached hydrogen (secondary N) is 6. The molecule has 48 heteroatoms. The molecule has 0 saturated carbocycles. The maximum atomic E-state index is 13.0. The van der Waals surface area contributed by atoms with Gasteiger partial charge < -0.3 is 94.0 Å². The van der Waals surface area contributed by atoms with Crippen molar-refractivity contribution < 1.29 is 137 Å². The van der Waals surface area contributed by atoms with Crippen LogP contribution < -0.4 is 49.7 Å². The van der Waals surface area contributed by atoms with Gasteiger partial charge in [-0.05, 0) is 83.4 Å². The predicted molar refractivity (Wildman–Crippen MR) is 417 cm³/mol. The number of halogens is 1. The molecule has 12 N–H and O–H groups in total. The van der Waals surface area contributed by atoms with Gasteiger partial charge in [0.05, 0.1) is 23.4 Å². The summed E-state index contributed by atoms with van der Waals surface area (Å²) in [4.78, 5) is 124. The van der Waals surface area contributed by atoms with E-state index in [1.807, 2.05) is 32.7 Å². The highest BCUT2D eigenvalue weighted by Crippen LogP contribution is 2.72. The molecule has 0 radical (unpaired) electrons. The van der Waals surface area contributed by atoms with Gasteiger partial charge in [-0.25, -0.2) is 28.1 Å². The van der Waals surface area contributed by atoms with Crippen molar-refractivity contribution in [3.05, 3.63) is 95.8 Å². The van der Waals surface area contributed by atoms with Gasteiger partial charge in [0, 0.05) is 151 Å². The number of fused-ring (bicyclic) bond motifs is 1. The van der Waals surface area contributed by atoms with Crippen molar-refractivity contribution in [3.8, 4) is 36.0 Å². The van der Waals surface area contributed by atoms with E-state index in [4.69, 9.17) is 63.0 Å². The van der Waals surface area contributed by atoms with E-state index in [9.17, 15) is 87.2 Å². The molecule has 0 bridgehead atoms. The molecule has 4 saturated heterocycles. The lowest BCUT2D eigenvalue weighted by atomic mass is 10.1. The Balaban J connectivity index is 0.000000355. The fourth-order valence-corrected chi connectivity index (χ4v) is 15.7. The topological polar surface area (TPSA) is 589 Å². The number of hydrogen-bond donors (Lipinski definition) is 12. The molecule has 0 spiro atoms. The number of amides is 3. The summed E-state index contributed by atoms with van der Waals surface area (Å²) in [6.45, 7) is 13.3. The van der Waals surface area contributed by atoms with Gasteiger partial charge in [0.25, 0.3) is 16.7 Å². The number of phosphoric ester groups is 2. The van der Waals surface area contributed by atoms with Gasteiger partial charge in [0.2, 0.25) is 17.7 Å². The molecule has 0 aliphatic carbocycles. The Labute approximate surface area is 685 Å². The molecule has 3 amide bonds. The Morgan fingerprint density at radius 1 is 0.564 bits per heavy atom. The summed E-state index contributed by atoms with van der Waals surface area (Å²) in [5.41, 5.74) is -4.73. The van der Waals surface area contributed by atoms with Crippen LogP contribution in [0.5, 0.6) is 0 Å². The van der Waals surface area contributed by atoms with Crippen molar-refractivity contribution >= 4 is 70.1 Å². The van der Waals surface area contributed by atoms with Crippen LogP contribution >= 0.6 is 46.1 Å². The van der Waals surface area contributed by atoms with Crippen molar-refractivity contribution in [3.63, 3.8) is 0 Å². The number of aldehydes is 1. The number of nitrogens with zero attached hydrogens (tertiary/aromatic N) is 3. The SMILES string of the molecule is C#CCCC(=O)NCCCC(OCC)OCC.CCOC(CCCNC(=O)CCC#Cc1cn([C@@H]2O[C@H](CO)C3OC(C)(C)O[C@@H]32)c(=O)[nH]c1=O)OCC.COP(=O)(OC)OP(=O)(OC)OP(=O)(OC)OC[C@H]1O[C@@H](n2cc(C#CCCC(=O)NCCCC=O)c(=O)[nH]c2=O)[C@@H](O)C1O.O=c1[nH]c(=O)n([C@@H]2O[C@H](CO)C(O)[C@@H]2O)cc1I. The fraction of sp³-hybridized carbons (Fsp3) is 0.681. The first-order valence-electron chi connectivity index (χ1n) is 36.8. The van der Waals surface area contributed by atoms with Crippen molar-refractivity contribution in [2.75, 3.05) is 94.3 Å². The lowest BCUT2D eigenvalue weighted by Gasteiger charge is -2.24. The molecule has 3 aromatic heterocycles. The van der Waals surface area contributed by atoms with Crippen LogP contribution in [0, 0.1) is 39.6 Å². The number of terminal acetylenes is 1. The van der Waals surface area contributed by atoms with Gasteiger partial charge in [-0.3, -0.25) is 80.0 Å². The minimum absolute atomic E-state index is 0.00301. The Morgan fingerprint density at radius 3 is 1.38 bits per heavy atom. The molecule has 7 heterocycles. The number of hydrogen-bond acceptors (Lipinski definition) is 35. The largest absolute Gasteiger partial charge is 0.492 e. The van der Waals surface area contributed by atoms with Crippen molar-refractivity contribution in [1.29, 1.82) is 0 Å². The molecule has 4 aliphatic rings. The third kappa shape index (κ3) is 33.0. The molecule has 658 valence electrons. The lowest BCUT2D eigenvalue weighted by molar-refractivity contribution is -0.200. The van der Waals surface area contributed by atoms with Crippen molar-refractivity contribution in [1.82, 2.24) is 44.6 Å². The number of unbranched alkanes of at least 4 members (excludes halogenated alkanes) is 1. The van der Waals surface area contributed by atoms with Crippen LogP contribution in [0.15, 0.2) is 47.4 Å². The number of H-pyrrole nitrogens is 3. The van der Waals surface area contributed by atoms with Crippen LogP contribution in [0.4, 0.5) is 0 Å². The van der Waals surface area contributed by atoms with Crippen LogP contribution in [0.1, 0.15) is 148 Å². The van der Waals surface area contributed by atoms with Gasteiger partial charge in [-0.15, -0.1) is 12.3 Å². The zero-order chi connectivity index (χ0) is 87.2. The molecule has 14 atom stereocenters. The molecular formula is C69H105IN9O35P3. The van der Waals surface area contributed by atoms with Gasteiger partial charge in [0.1, 0.15) is 72.3 Å². The second kappa shape index (κ2) is 51.8. The summed E-state index contributed by atoms with van der Waals surface area (Å²) < 4.78 is 124. The highest BCUT2D eigenvalue weighted by molar-refractivity contribution is 14.1. The van der Waals surface area contributed by atoms with Crippen LogP contribution in [0.3, 0.4) is 0 Å². The Kier molecular flexibility index (Phi) is 45.5. The maximum absolute atomic E-state index is 13.0. The summed E-state index contributed by atoms with van der Waals surface area (Å²) in [5.74, 6) is 11.7. The standard InChI is InChI=1S/C25H37N3O9.C22H34N3O17P3.C13H23NO3.C9H11IN2O6/c1-5-33-19(34-6-2)12-9-13-26-18(30)11-8-7-10-16-14-28(24(32)27-22(16)31)23-21-20(17(15-29)35-23)36-25(3,4)37-21;1-35-43(32,36-2)41-45(34,38-4)42-44(33,37-3)39-14-16-18(28)19(29)21(40-16)25-13-15(20(30)24-22(25)31)9-5-6-10-17(27)23-11-7-8-12-26;1-4-7-9-12(15)14-11-8-10-13(16-5-2)17-6-3;10-3-1-12(9(17)11-7(3)16)8-6(15)5(14)4(2-13)18-8/h14,17,19-21,23,29H,5-6,8-9,11-13,15H2,1-4H3,(H,26,30)(H,27,31,32);12-13,16,18-19,21,28-29H,6-8,10-11,14H2,1-4H3,(H,23,27)(H,24,30,31);1,13H,5-11H2,2-3H3,(H,14,15);1,4-6,8,13-15H,2H2,(H,11,16,17)/t17-,20?,21+,23-;16-,18?,19+,21-,44?,45?;;4-,5?,6+,8-/m11.1/s1. The fourth-order valence-electron chi connectivity index (χ4n) is 10.9. The monoisotopic (exact) mass is 1840 g/mol. The van der Waals surface area contributed by atoms with Gasteiger partial charge >= 0.3 is 40.5 Å². The number of aliphatic hydroxyl groups excluding tert-OH is 6. The van der Waals surface area contributed by atoms with Crippen LogP contribution in [0.25, 0.3) is 0 Å². The number of aliphatic hydroxyl groups is 6. The molecule has 5 unspecified atom stereocenters. The molecule has 44 nitrogen and oxygen atoms in total. The Hall–Kier alpha value is -6.66. The first kappa shape index (κ1) is 103. The van der Waals surface area contributed by atoms with E-state index in [1.54, 1.807) is 36.4 Å². The first-order valence-corrected chi connectivity index (χ1v) is 42.2. The second-order valence-electron chi connectivity index (χ2n) is 25.3. The molecule has 4 fully saturated rings. The quantitative estimate of drug-likeness (QED) is 0.00898. The van der Waals surface area contributed by atoms with Gasteiger partial charge in [-0.2, -0.15) is 8.62 Å². The highest BCUT2D eigenvalue weighted by Gasteiger charge is 2.56. The zero-order valence-electron chi connectivity index (χ0n) is 66.1.